The molecule has 0 radical (unpaired) electrons. The Bertz CT molecular complexity index is 548. The van der Waals surface area contributed by atoms with Crippen molar-refractivity contribution in [1.82, 2.24) is 14.8 Å². The van der Waals surface area contributed by atoms with Gasteiger partial charge in [0.2, 0.25) is 0 Å². The molecule has 2 aromatic rings. The van der Waals surface area contributed by atoms with Gasteiger partial charge in [-0.05, 0) is 43.7 Å². The summed E-state index contributed by atoms with van der Waals surface area (Å²) in [4.78, 5) is 0. The van der Waals surface area contributed by atoms with E-state index in [1.54, 1.807) is 0 Å². The van der Waals surface area contributed by atoms with Crippen LogP contribution in [0.1, 0.15) is 22.8 Å². The minimum Gasteiger partial charge on any atom is -0.330 e. The number of aryl methyl sites for hydroxylation is 2. The number of aromatic nitrogens is 3. The van der Waals surface area contributed by atoms with Crippen LogP contribution in [-0.4, -0.2) is 21.3 Å². The normalized spacial score (nSPS) is 10.9. The van der Waals surface area contributed by atoms with Crippen molar-refractivity contribution in [2.24, 2.45) is 5.73 Å². The molecule has 0 aliphatic rings. The molecule has 1 aromatic carbocycles. The predicted molar refractivity (Wildman–Crippen MR) is 73.1 cm³/mol. The third kappa shape index (κ3) is 2.40. The van der Waals surface area contributed by atoms with Crippen molar-refractivity contribution in [3.8, 4) is 5.69 Å². The van der Waals surface area contributed by atoms with E-state index >= 15 is 0 Å². The zero-order chi connectivity index (χ0) is 13.1. The van der Waals surface area contributed by atoms with E-state index < -0.39 is 0 Å². The molecule has 18 heavy (non-hydrogen) atoms. The van der Waals surface area contributed by atoms with Crippen LogP contribution >= 0.6 is 11.6 Å². The Hall–Kier alpha value is -1.39. The highest BCUT2D eigenvalue weighted by atomic mass is 35.5. The Morgan fingerprint density at radius 2 is 1.89 bits per heavy atom. The molecule has 0 amide bonds. The molecule has 0 spiro atoms. The second-order valence-corrected chi connectivity index (χ2v) is 4.58. The summed E-state index contributed by atoms with van der Waals surface area (Å²) in [5, 5.41) is 8.26. The van der Waals surface area contributed by atoms with Crippen LogP contribution in [0.4, 0.5) is 0 Å². The van der Waals surface area contributed by atoms with Crippen molar-refractivity contribution < 1.29 is 0 Å². The molecule has 0 aliphatic carbocycles. The van der Waals surface area contributed by atoms with E-state index in [2.05, 4.69) is 42.2 Å². The lowest BCUT2D eigenvalue weighted by molar-refractivity contribution is 0.821. The monoisotopic (exact) mass is 264 g/mol. The van der Waals surface area contributed by atoms with Crippen molar-refractivity contribution in [1.29, 1.82) is 0 Å². The molecule has 0 atom stereocenters. The topological polar surface area (TPSA) is 56.7 Å². The average molecular weight is 265 g/mol. The Labute approximate surface area is 112 Å². The van der Waals surface area contributed by atoms with E-state index in [-0.39, 0.29) is 0 Å². The number of nitrogens with zero attached hydrogens (tertiary/aromatic N) is 3. The first-order valence-corrected chi connectivity index (χ1v) is 6.47. The number of rotatable bonds is 4. The van der Waals surface area contributed by atoms with E-state index in [0.29, 0.717) is 18.8 Å². The summed E-state index contributed by atoms with van der Waals surface area (Å²) in [5.41, 5.74) is 9.14. The molecular formula is C13H17ClN4. The van der Waals surface area contributed by atoms with Crippen LogP contribution in [0.25, 0.3) is 5.69 Å². The van der Waals surface area contributed by atoms with Gasteiger partial charge in [-0.3, -0.25) is 4.57 Å². The molecule has 0 aliphatic heterocycles. The van der Waals surface area contributed by atoms with Crippen LogP contribution in [0.15, 0.2) is 18.2 Å². The Balaban J connectivity index is 2.53. The van der Waals surface area contributed by atoms with Crippen molar-refractivity contribution in [3.05, 3.63) is 41.0 Å². The summed E-state index contributed by atoms with van der Waals surface area (Å²) in [6.07, 6.45) is 0.691. The lowest BCUT2D eigenvalue weighted by atomic mass is 10.1. The fourth-order valence-electron chi connectivity index (χ4n) is 1.89. The van der Waals surface area contributed by atoms with E-state index in [4.69, 9.17) is 17.3 Å². The molecule has 2 N–H and O–H groups in total. The molecule has 1 heterocycles. The molecule has 0 bridgehead atoms. The number of halogens is 1. The van der Waals surface area contributed by atoms with Gasteiger partial charge in [0.25, 0.3) is 0 Å². The number of hydrogen-bond donors (Lipinski definition) is 1. The van der Waals surface area contributed by atoms with Crippen molar-refractivity contribution in [2.75, 3.05) is 6.54 Å². The molecule has 1 aromatic heterocycles. The van der Waals surface area contributed by atoms with Crippen LogP contribution < -0.4 is 5.73 Å². The van der Waals surface area contributed by atoms with Gasteiger partial charge in [0, 0.05) is 12.1 Å². The minimum absolute atomic E-state index is 0.338. The number of alkyl halides is 1. The Morgan fingerprint density at radius 1 is 1.17 bits per heavy atom. The van der Waals surface area contributed by atoms with Gasteiger partial charge >= 0.3 is 0 Å². The Kier molecular flexibility index (Phi) is 3.99. The number of hydrogen-bond acceptors (Lipinski definition) is 3. The van der Waals surface area contributed by atoms with Crippen molar-refractivity contribution in [3.63, 3.8) is 0 Å². The molecular weight excluding hydrogens is 248 g/mol. The van der Waals surface area contributed by atoms with E-state index in [1.165, 1.54) is 11.1 Å². The predicted octanol–water partition coefficient (Wildman–Crippen LogP) is 2.12. The number of nitrogens with two attached hydrogens (primary N) is 1. The molecule has 0 saturated heterocycles. The standard InChI is InChI=1S/C13H17ClN4/c1-9-3-4-11(7-10(9)2)18-12(5-6-15)16-17-13(18)8-14/h3-4,7H,5-6,8,15H2,1-2H3. The SMILES string of the molecule is Cc1ccc(-n2c(CCl)nnc2CCN)cc1C. The van der Waals surface area contributed by atoms with Gasteiger partial charge in [0.15, 0.2) is 5.82 Å². The first-order valence-electron chi connectivity index (χ1n) is 5.94. The highest BCUT2D eigenvalue weighted by Crippen LogP contribution is 2.18. The molecule has 5 heteroatoms. The lowest BCUT2D eigenvalue weighted by Gasteiger charge is -2.11. The van der Waals surface area contributed by atoms with Gasteiger partial charge in [0.1, 0.15) is 5.82 Å². The second kappa shape index (κ2) is 5.50. The first-order chi connectivity index (χ1) is 8.67. The Morgan fingerprint density at radius 3 is 2.50 bits per heavy atom. The maximum absolute atomic E-state index is 5.91. The maximum atomic E-state index is 5.91. The van der Waals surface area contributed by atoms with Gasteiger partial charge < -0.3 is 5.73 Å². The van der Waals surface area contributed by atoms with Crippen LogP contribution in [0.3, 0.4) is 0 Å². The smallest absolute Gasteiger partial charge is 0.152 e. The van der Waals surface area contributed by atoms with Gasteiger partial charge in [-0.2, -0.15) is 0 Å². The molecule has 0 fully saturated rings. The zero-order valence-corrected chi connectivity index (χ0v) is 11.4. The molecule has 4 nitrogen and oxygen atoms in total. The van der Waals surface area contributed by atoms with E-state index in [1.807, 2.05) is 4.57 Å². The maximum Gasteiger partial charge on any atom is 0.152 e. The minimum atomic E-state index is 0.338. The fraction of sp³-hybridized carbons (Fsp3) is 0.385. The van der Waals surface area contributed by atoms with E-state index in [9.17, 15) is 0 Å². The highest BCUT2D eigenvalue weighted by molar-refractivity contribution is 6.16. The summed E-state index contributed by atoms with van der Waals surface area (Å²) in [5.74, 6) is 1.95. The van der Waals surface area contributed by atoms with E-state index in [0.717, 1.165) is 17.3 Å². The van der Waals surface area contributed by atoms with Gasteiger partial charge in [-0.15, -0.1) is 21.8 Å². The summed E-state index contributed by atoms with van der Waals surface area (Å²) < 4.78 is 1.99. The number of benzene rings is 1. The highest BCUT2D eigenvalue weighted by Gasteiger charge is 2.12. The summed E-state index contributed by atoms with van der Waals surface area (Å²) in [6, 6.07) is 6.27. The third-order valence-corrected chi connectivity index (χ3v) is 3.27. The van der Waals surface area contributed by atoms with Crippen LogP contribution in [-0.2, 0) is 12.3 Å². The molecule has 0 saturated carbocycles. The molecule has 96 valence electrons. The second-order valence-electron chi connectivity index (χ2n) is 4.31. The van der Waals surface area contributed by atoms with Crippen molar-refractivity contribution >= 4 is 11.6 Å². The summed E-state index contributed by atoms with van der Waals surface area (Å²) in [6.45, 7) is 4.73. The van der Waals surface area contributed by atoms with Gasteiger partial charge in [-0.1, -0.05) is 6.07 Å². The average Bonchev–Trinajstić information content (AvgIpc) is 2.76. The van der Waals surface area contributed by atoms with Gasteiger partial charge in [-0.25, -0.2) is 0 Å². The lowest BCUT2D eigenvalue weighted by Crippen LogP contribution is -2.10. The first kappa shape index (κ1) is 13.1. The third-order valence-electron chi connectivity index (χ3n) is 3.03. The summed E-state index contributed by atoms with van der Waals surface area (Å²) in [7, 11) is 0. The quantitative estimate of drug-likeness (QED) is 0.861. The van der Waals surface area contributed by atoms with Crippen LogP contribution in [0.5, 0.6) is 0 Å². The van der Waals surface area contributed by atoms with Crippen LogP contribution in [0, 0.1) is 13.8 Å². The van der Waals surface area contributed by atoms with Gasteiger partial charge in [0.05, 0.1) is 5.88 Å². The van der Waals surface area contributed by atoms with Crippen molar-refractivity contribution in [2.45, 2.75) is 26.1 Å². The fourth-order valence-corrected chi connectivity index (χ4v) is 2.07. The molecule has 0 unspecified atom stereocenters. The largest absolute Gasteiger partial charge is 0.330 e. The van der Waals surface area contributed by atoms with Crippen LogP contribution in [0.2, 0.25) is 0 Å². The molecule has 2 rings (SSSR count). The summed E-state index contributed by atoms with van der Waals surface area (Å²) >= 11 is 5.91. The zero-order valence-electron chi connectivity index (χ0n) is 10.7.